The van der Waals surface area contributed by atoms with E-state index >= 15 is 0 Å². The Bertz CT molecular complexity index is 230. The smallest absolute Gasteiger partial charge is 0.208 e. The summed E-state index contributed by atoms with van der Waals surface area (Å²) in [7, 11) is 0. The van der Waals surface area contributed by atoms with E-state index in [1.54, 1.807) is 6.20 Å². The van der Waals surface area contributed by atoms with Crippen LogP contribution in [0.5, 0.6) is 0 Å². The van der Waals surface area contributed by atoms with Gasteiger partial charge in [0.15, 0.2) is 0 Å². The maximum Gasteiger partial charge on any atom is 0.208 e. The third-order valence-corrected chi connectivity index (χ3v) is 1.74. The van der Waals surface area contributed by atoms with Crippen LogP contribution in [0.2, 0.25) is 0 Å². The first-order valence-electron chi connectivity index (χ1n) is 4.36. The second kappa shape index (κ2) is 4.26. The monoisotopic (exact) mass is 168 g/mol. The predicted molar refractivity (Wildman–Crippen MR) is 47.6 cm³/mol. The molecular formula is C9H16N2O. The Labute approximate surface area is 73.0 Å². The molecular weight excluding hydrogens is 152 g/mol. The van der Waals surface area contributed by atoms with Crippen molar-refractivity contribution in [2.75, 3.05) is 0 Å². The summed E-state index contributed by atoms with van der Waals surface area (Å²) in [5, 5.41) is 0. The summed E-state index contributed by atoms with van der Waals surface area (Å²) in [5.41, 5.74) is 5.36. The molecule has 3 nitrogen and oxygen atoms in total. The summed E-state index contributed by atoms with van der Waals surface area (Å²) in [6.07, 6.45) is 3.87. The summed E-state index contributed by atoms with van der Waals surface area (Å²) in [4.78, 5) is 4.02. The molecule has 0 bridgehead atoms. The fourth-order valence-electron chi connectivity index (χ4n) is 0.989. The third-order valence-electron chi connectivity index (χ3n) is 1.74. The van der Waals surface area contributed by atoms with Gasteiger partial charge in [-0.2, -0.15) is 0 Å². The van der Waals surface area contributed by atoms with Gasteiger partial charge in [0, 0.05) is 6.42 Å². The molecule has 0 saturated carbocycles. The van der Waals surface area contributed by atoms with Crippen molar-refractivity contribution in [3.63, 3.8) is 0 Å². The molecule has 0 amide bonds. The van der Waals surface area contributed by atoms with Gasteiger partial charge in [-0.3, -0.25) is 0 Å². The highest BCUT2D eigenvalue weighted by atomic mass is 16.4. The molecule has 0 aliphatic heterocycles. The number of hydrogen-bond donors (Lipinski definition) is 1. The van der Waals surface area contributed by atoms with Gasteiger partial charge in [0.2, 0.25) is 5.89 Å². The fraction of sp³-hybridized carbons (Fsp3) is 0.667. The highest BCUT2D eigenvalue weighted by Crippen LogP contribution is 2.09. The fourth-order valence-corrected chi connectivity index (χ4v) is 0.989. The molecule has 0 unspecified atom stereocenters. The van der Waals surface area contributed by atoms with E-state index in [-0.39, 0.29) is 0 Å². The van der Waals surface area contributed by atoms with E-state index in [2.05, 4.69) is 18.8 Å². The van der Waals surface area contributed by atoms with Crippen LogP contribution in [-0.2, 0) is 13.0 Å². The van der Waals surface area contributed by atoms with E-state index in [1.807, 2.05) is 0 Å². The molecule has 0 radical (unpaired) electrons. The van der Waals surface area contributed by atoms with E-state index in [0.29, 0.717) is 18.4 Å². The van der Waals surface area contributed by atoms with Crippen molar-refractivity contribution >= 4 is 0 Å². The molecule has 0 aromatic carbocycles. The van der Waals surface area contributed by atoms with Crippen LogP contribution in [0.15, 0.2) is 10.6 Å². The summed E-state index contributed by atoms with van der Waals surface area (Å²) in [6, 6.07) is 0. The molecule has 12 heavy (non-hydrogen) atoms. The van der Waals surface area contributed by atoms with Crippen molar-refractivity contribution in [2.24, 2.45) is 11.7 Å². The maximum absolute atomic E-state index is 5.36. The standard InChI is InChI=1S/C9H16N2O/c1-7(2)3-4-8-6-11-9(5-10)12-8/h6-7H,3-5,10H2,1-2H3. The van der Waals surface area contributed by atoms with Crippen molar-refractivity contribution in [3.05, 3.63) is 17.8 Å². The minimum absolute atomic E-state index is 0.391. The van der Waals surface area contributed by atoms with Crippen LogP contribution in [0, 0.1) is 5.92 Å². The van der Waals surface area contributed by atoms with Crippen LogP contribution >= 0.6 is 0 Å². The Balaban J connectivity index is 2.41. The zero-order valence-corrected chi connectivity index (χ0v) is 7.71. The lowest BCUT2D eigenvalue weighted by molar-refractivity contribution is 0.438. The summed E-state index contributed by atoms with van der Waals surface area (Å²) < 4.78 is 5.35. The molecule has 1 rings (SSSR count). The number of nitrogens with two attached hydrogens (primary N) is 1. The molecule has 0 aliphatic carbocycles. The van der Waals surface area contributed by atoms with Crippen LogP contribution in [0.3, 0.4) is 0 Å². The Hall–Kier alpha value is -0.830. The quantitative estimate of drug-likeness (QED) is 0.744. The summed E-state index contributed by atoms with van der Waals surface area (Å²) in [6.45, 7) is 4.78. The zero-order valence-electron chi connectivity index (χ0n) is 7.71. The SMILES string of the molecule is CC(C)CCc1cnc(CN)o1. The molecule has 3 heteroatoms. The average Bonchev–Trinajstić information content (AvgIpc) is 2.48. The molecule has 1 aromatic rings. The Morgan fingerprint density at radius 3 is 2.83 bits per heavy atom. The molecule has 2 N–H and O–H groups in total. The molecule has 1 aromatic heterocycles. The molecule has 0 aliphatic rings. The lowest BCUT2D eigenvalue weighted by Crippen LogP contribution is -1.95. The van der Waals surface area contributed by atoms with Gasteiger partial charge in [-0.25, -0.2) is 4.98 Å². The lowest BCUT2D eigenvalue weighted by Gasteiger charge is -1.99. The first kappa shape index (κ1) is 9.26. The van der Waals surface area contributed by atoms with Crippen molar-refractivity contribution in [1.29, 1.82) is 0 Å². The van der Waals surface area contributed by atoms with Crippen molar-refractivity contribution in [2.45, 2.75) is 33.2 Å². The third kappa shape index (κ3) is 2.66. The van der Waals surface area contributed by atoms with Crippen molar-refractivity contribution in [1.82, 2.24) is 4.98 Å². The lowest BCUT2D eigenvalue weighted by atomic mass is 10.1. The Morgan fingerprint density at radius 1 is 1.58 bits per heavy atom. The van der Waals surface area contributed by atoms with Gasteiger partial charge in [-0.1, -0.05) is 13.8 Å². The van der Waals surface area contributed by atoms with Crippen LogP contribution < -0.4 is 5.73 Å². The number of hydrogen-bond acceptors (Lipinski definition) is 3. The largest absolute Gasteiger partial charge is 0.444 e. The number of oxazole rings is 1. The van der Waals surface area contributed by atoms with Gasteiger partial charge in [-0.05, 0) is 12.3 Å². The average molecular weight is 168 g/mol. The van der Waals surface area contributed by atoms with Crippen LogP contribution in [0.4, 0.5) is 0 Å². The number of nitrogens with zero attached hydrogens (tertiary/aromatic N) is 1. The van der Waals surface area contributed by atoms with Gasteiger partial charge < -0.3 is 10.2 Å². The first-order chi connectivity index (χ1) is 5.72. The number of rotatable bonds is 4. The molecule has 68 valence electrons. The highest BCUT2D eigenvalue weighted by Gasteiger charge is 2.02. The molecule has 0 saturated heterocycles. The van der Waals surface area contributed by atoms with Gasteiger partial charge >= 0.3 is 0 Å². The molecule has 1 heterocycles. The van der Waals surface area contributed by atoms with Crippen LogP contribution in [0.1, 0.15) is 31.9 Å². The van der Waals surface area contributed by atoms with Crippen LogP contribution in [-0.4, -0.2) is 4.98 Å². The molecule has 0 fully saturated rings. The van der Waals surface area contributed by atoms with Crippen LogP contribution in [0.25, 0.3) is 0 Å². The van der Waals surface area contributed by atoms with E-state index in [4.69, 9.17) is 10.2 Å². The van der Waals surface area contributed by atoms with Gasteiger partial charge in [-0.15, -0.1) is 0 Å². The summed E-state index contributed by atoms with van der Waals surface area (Å²) in [5.74, 6) is 2.29. The number of aryl methyl sites for hydroxylation is 1. The molecule has 0 atom stereocenters. The van der Waals surface area contributed by atoms with Gasteiger partial charge in [0.25, 0.3) is 0 Å². The van der Waals surface area contributed by atoms with Crippen molar-refractivity contribution < 1.29 is 4.42 Å². The second-order valence-electron chi connectivity index (χ2n) is 3.36. The highest BCUT2D eigenvalue weighted by molar-refractivity contribution is 4.93. The maximum atomic E-state index is 5.36. The number of aromatic nitrogens is 1. The van der Waals surface area contributed by atoms with Gasteiger partial charge in [0.05, 0.1) is 12.7 Å². The second-order valence-corrected chi connectivity index (χ2v) is 3.36. The minimum atomic E-state index is 0.391. The van der Waals surface area contributed by atoms with E-state index < -0.39 is 0 Å². The van der Waals surface area contributed by atoms with E-state index in [9.17, 15) is 0 Å². The predicted octanol–water partition coefficient (Wildman–Crippen LogP) is 1.72. The Kier molecular flexibility index (Phi) is 3.29. The Morgan fingerprint density at radius 2 is 2.33 bits per heavy atom. The first-order valence-corrected chi connectivity index (χ1v) is 4.36. The zero-order chi connectivity index (χ0) is 8.97. The summed E-state index contributed by atoms with van der Waals surface area (Å²) >= 11 is 0. The normalized spacial score (nSPS) is 11.0. The van der Waals surface area contributed by atoms with E-state index in [0.717, 1.165) is 18.6 Å². The van der Waals surface area contributed by atoms with Gasteiger partial charge in [0.1, 0.15) is 5.76 Å². The minimum Gasteiger partial charge on any atom is -0.444 e. The van der Waals surface area contributed by atoms with E-state index in [1.165, 1.54) is 0 Å². The van der Waals surface area contributed by atoms with Crippen molar-refractivity contribution in [3.8, 4) is 0 Å². The topological polar surface area (TPSA) is 52.0 Å². The molecule has 0 spiro atoms.